The third kappa shape index (κ3) is 5.14. The molecule has 2 aromatic carbocycles. The van der Waals surface area contributed by atoms with Crippen LogP contribution in [0.4, 0.5) is 5.69 Å². The first-order valence-electron chi connectivity index (χ1n) is 12.6. The Hall–Kier alpha value is -3.75. The van der Waals surface area contributed by atoms with Crippen LogP contribution in [0, 0.1) is 20.8 Å². The molecule has 38 heavy (non-hydrogen) atoms. The Bertz CT molecular complexity index is 1510. The van der Waals surface area contributed by atoms with Crippen LogP contribution in [-0.2, 0) is 17.8 Å². The normalized spacial score (nSPS) is 12.8. The molecule has 2 N–H and O–H groups in total. The van der Waals surface area contributed by atoms with Crippen molar-refractivity contribution in [2.75, 3.05) is 5.32 Å². The fourth-order valence-electron chi connectivity index (χ4n) is 4.45. The summed E-state index contributed by atoms with van der Waals surface area (Å²) in [6.45, 7) is 7.73. The minimum atomic E-state index is -0.379. The van der Waals surface area contributed by atoms with E-state index in [-0.39, 0.29) is 17.8 Å². The number of rotatable bonds is 7. The van der Waals surface area contributed by atoms with E-state index < -0.39 is 0 Å². The lowest BCUT2D eigenvalue weighted by atomic mass is 9.99. The van der Waals surface area contributed by atoms with E-state index in [2.05, 4.69) is 10.3 Å². The predicted octanol–water partition coefficient (Wildman–Crippen LogP) is 6.16. The molecule has 2 aromatic heterocycles. The van der Waals surface area contributed by atoms with Gasteiger partial charge in [0.15, 0.2) is 11.6 Å². The van der Waals surface area contributed by atoms with Crippen molar-refractivity contribution in [3.63, 3.8) is 0 Å². The molecule has 8 heteroatoms. The number of hydrogen-bond donors (Lipinski definition) is 2. The number of nitrogens with one attached hydrogen (secondary N) is 1. The number of aliphatic hydroxyl groups excluding tert-OH is 1. The smallest absolute Gasteiger partial charge is 0.237 e. The largest absolute Gasteiger partial charge is 0.436 e. The van der Waals surface area contributed by atoms with Crippen molar-refractivity contribution in [3.8, 4) is 23.0 Å². The highest BCUT2D eigenvalue weighted by atomic mass is 32.2. The summed E-state index contributed by atoms with van der Waals surface area (Å²) < 4.78 is 6.32. The fraction of sp³-hybridized carbons (Fsp3) is 0.267. The molecule has 0 radical (unpaired) electrons. The van der Waals surface area contributed by atoms with Crippen molar-refractivity contribution in [1.82, 2.24) is 15.0 Å². The predicted molar refractivity (Wildman–Crippen MR) is 150 cm³/mol. The fourth-order valence-corrected chi connectivity index (χ4v) is 5.49. The third-order valence-electron chi connectivity index (χ3n) is 6.66. The van der Waals surface area contributed by atoms with Gasteiger partial charge in [-0.3, -0.25) is 9.78 Å². The SMILES string of the molecule is CCC(Sc1nc(-c2ccccc2)nc2c1Cc1c(CO)cnc(C)c1O2)C(=O)Nc1cc(C)ccc1C. The van der Waals surface area contributed by atoms with Crippen LogP contribution in [0.3, 0.4) is 0 Å². The lowest BCUT2D eigenvalue weighted by Crippen LogP contribution is -2.25. The maximum absolute atomic E-state index is 13.4. The molecule has 1 unspecified atom stereocenters. The Morgan fingerprint density at radius 1 is 1.11 bits per heavy atom. The summed E-state index contributed by atoms with van der Waals surface area (Å²) >= 11 is 1.42. The molecule has 1 aliphatic rings. The van der Waals surface area contributed by atoms with Crippen molar-refractivity contribution < 1.29 is 14.6 Å². The molecule has 0 fully saturated rings. The molecule has 4 aromatic rings. The second-order valence-electron chi connectivity index (χ2n) is 9.44. The van der Waals surface area contributed by atoms with Crippen LogP contribution in [0.5, 0.6) is 11.6 Å². The Morgan fingerprint density at radius 2 is 1.89 bits per heavy atom. The van der Waals surface area contributed by atoms with Gasteiger partial charge in [-0.1, -0.05) is 61.2 Å². The van der Waals surface area contributed by atoms with Gasteiger partial charge in [0.2, 0.25) is 11.8 Å². The van der Waals surface area contributed by atoms with Crippen LogP contribution in [0.2, 0.25) is 0 Å². The van der Waals surface area contributed by atoms with Gasteiger partial charge < -0.3 is 15.2 Å². The van der Waals surface area contributed by atoms with Crippen LogP contribution < -0.4 is 10.1 Å². The number of nitrogens with zero attached hydrogens (tertiary/aromatic N) is 3. The van der Waals surface area contributed by atoms with Gasteiger partial charge in [0, 0.05) is 35.0 Å². The van der Waals surface area contributed by atoms with Crippen molar-refractivity contribution in [3.05, 3.63) is 88.2 Å². The average Bonchev–Trinajstić information content (AvgIpc) is 2.93. The summed E-state index contributed by atoms with van der Waals surface area (Å²) in [7, 11) is 0. The highest BCUT2D eigenvalue weighted by Crippen LogP contribution is 2.43. The Morgan fingerprint density at radius 3 is 2.63 bits per heavy atom. The third-order valence-corrected chi connectivity index (χ3v) is 8.05. The average molecular weight is 527 g/mol. The Balaban J connectivity index is 1.54. The highest BCUT2D eigenvalue weighted by molar-refractivity contribution is 8.00. The minimum Gasteiger partial charge on any atom is -0.436 e. The summed E-state index contributed by atoms with van der Waals surface area (Å²) in [5.74, 6) is 1.54. The molecular formula is C30H30N4O3S. The summed E-state index contributed by atoms with van der Waals surface area (Å²) in [6.07, 6.45) is 2.78. The zero-order valence-electron chi connectivity index (χ0n) is 21.9. The number of aromatic nitrogens is 3. The maximum Gasteiger partial charge on any atom is 0.237 e. The number of aryl methyl sites for hydroxylation is 3. The van der Waals surface area contributed by atoms with E-state index in [1.54, 1.807) is 6.20 Å². The molecule has 5 rings (SSSR count). The first kappa shape index (κ1) is 25.9. The molecule has 194 valence electrons. The Kier molecular flexibility index (Phi) is 7.44. The van der Waals surface area contributed by atoms with Crippen molar-refractivity contribution >= 4 is 23.4 Å². The van der Waals surface area contributed by atoms with Gasteiger partial charge in [-0.2, -0.15) is 4.98 Å². The molecule has 0 bridgehead atoms. The number of aliphatic hydroxyl groups is 1. The number of benzene rings is 2. The van der Waals surface area contributed by atoms with Gasteiger partial charge >= 0.3 is 0 Å². The quantitative estimate of drug-likeness (QED) is 0.194. The molecule has 3 heterocycles. The first-order chi connectivity index (χ1) is 18.4. The number of hydrogen-bond acceptors (Lipinski definition) is 7. The Labute approximate surface area is 226 Å². The van der Waals surface area contributed by atoms with Crippen LogP contribution in [-0.4, -0.2) is 31.2 Å². The van der Waals surface area contributed by atoms with E-state index in [4.69, 9.17) is 14.7 Å². The standard InChI is InChI=1S/C30H30N4O3S/c1-5-25(28(36)32-24-13-17(2)11-12-18(24)3)38-30-23-14-22-21(16-35)15-31-19(4)26(22)37-29(23)33-27(34-30)20-9-7-6-8-10-20/h6-13,15,25,35H,5,14,16H2,1-4H3,(H,32,36). The van der Waals surface area contributed by atoms with Gasteiger partial charge in [-0.25, -0.2) is 4.98 Å². The van der Waals surface area contributed by atoms with E-state index in [9.17, 15) is 9.90 Å². The number of thioether (sulfide) groups is 1. The number of fused-ring (bicyclic) bond motifs is 2. The summed E-state index contributed by atoms with van der Waals surface area (Å²) in [5.41, 5.74) is 6.90. The molecule has 7 nitrogen and oxygen atoms in total. The van der Waals surface area contributed by atoms with Crippen molar-refractivity contribution in [1.29, 1.82) is 0 Å². The monoisotopic (exact) mass is 526 g/mol. The molecule has 0 spiro atoms. The second-order valence-corrected chi connectivity index (χ2v) is 10.6. The van der Waals surface area contributed by atoms with Gasteiger partial charge in [0.05, 0.1) is 23.1 Å². The zero-order chi connectivity index (χ0) is 26.8. The molecule has 0 saturated heterocycles. The molecule has 1 atom stereocenters. The number of pyridine rings is 1. The molecule has 1 amide bonds. The highest BCUT2D eigenvalue weighted by Gasteiger charge is 2.30. The van der Waals surface area contributed by atoms with Crippen molar-refractivity contribution in [2.24, 2.45) is 0 Å². The number of ether oxygens (including phenoxy) is 1. The molecular weight excluding hydrogens is 496 g/mol. The number of anilines is 1. The van der Waals surface area contributed by atoms with E-state index in [1.807, 2.05) is 76.2 Å². The van der Waals surface area contributed by atoms with Gasteiger partial charge in [-0.15, -0.1) is 0 Å². The number of carbonyl (C=O) groups is 1. The van der Waals surface area contributed by atoms with Crippen LogP contribution in [0.1, 0.15) is 46.9 Å². The summed E-state index contributed by atoms with van der Waals surface area (Å²) in [4.78, 5) is 27.5. The number of carbonyl (C=O) groups excluding carboxylic acids is 1. The van der Waals surface area contributed by atoms with Gasteiger partial charge in [-0.05, 0) is 44.4 Å². The molecule has 0 saturated carbocycles. The van der Waals surface area contributed by atoms with E-state index in [1.165, 1.54) is 11.8 Å². The van der Waals surface area contributed by atoms with E-state index >= 15 is 0 Å². The summed E-state index contributed by atoms with van der Waals surface area (Å²) in [6, 6.07) is 15.8. The van der Waals surface area contributed by atoms with Gasteiger partial charge in [0.25, 0.3) is 0 Å². The van der Waals surface area contributed by atoms with Crippen LogP contribution >= 0.6 is 11.8 Å². The topological polar surface area (TPSA) is 97.2 Å². The minimum absolute atomic E-state index is 0.0759. The van der Waals surface area contributed by atoms with Crippen molar-refractivity contribution in [2.45, 2.75) is 57.4 Å². The molecule has 0 aliphatic carbocycles. The van der Waals surface area contributed by atoms with Crippen LogP contribution in [0.15, 0.2) is 59.8 Å². The van der Waals surface area contributed by atoms with Gasteiger partial charge in [0.1, 0.15) is 5.03 Å². The van der Waals surface area contributed by atoms with Crippen LogP contribution in [0.25, 0.3) is 11.4 Å². The first-order valence-corrected chi connectivity index (χ1v) is 13.5. The van der Waals surface area contributed by atoms with E-state index in [0.29, 0.717) is 40.9 Å². The van der Waals surface area contributed by atoms with E-state index in [0.717, 1.165) is 39.2 Å². The summed E-state index contributed by atoms with van der Waals surface area (Å²) in [5, 5.41) is 13.4. The number of amides is 1. The second kappa shape index (κ2) is 10.9. The lowest BCUT2D eigenvalue weighted by Gasteiger charge is -2.25. The molecule has 1 aliphatic heterocycles. The zero-order valence-corrected chi connectivity index (χ0v) is 22.7. The maximum atomic E-state index is 13.4. The lowest BCUT2D eigenvalue weighted by molar-refractivity contribution is -0.115.